The van der Waals surface area contributed by atoms with Crippen molar-refractivity contribution in [2.24, 2.45) is 4.99 Å². The molecule has 1 atom stereocenters. The van der Waals surface area contributed by atoms with Crippen molar-refractivity contribution in [1.29, 1.82) is 0 Å². The lowest BCUT2D eigenvalue weighted by Gasteiger charge is -2.35. The molecule has 2 aliphatic rings. The summed E-state index contributed by atoms with van der Waals surface area (Å²) in [6.07, 6.45) is 2.34. The van der Waals surface area contributed by atoms with Gasteiger partial charge < -0.3 is 19.7 Å². The van der Waals surface area contributed by atoms with Crippen molar-refractivity contribution in [2.45, 2.75) is 38.8 Å². The summed E-state index contributed by atoms with van der Waals surface area (Å²) in [5, 5.41) is 3.47. The number of piperidine rings is 1. The van der Waals surface area contributed by atoms with Crippen LogP contribution in [0, 0.1) is 0 Å². The predicted molar refractivity (Wildman–Crippen MR) is 109 cm³/mol. The molecule has 0 aromatic heterocycles. The van der Waals surface area contributed by atoms with Crippen molar-refractivity contribution in [3.8, 4) is 5.75 Å². The lowest BCUT2D eigenvalue weighted by atomic mass is 10.1. The first-order valence-electron chi connectivity index (χ1n) is 10.3. The van der Waals surface area contributed by atoms with Gasteiger partial charge in [0.1, 0.15) is 11.9 Å². The molecule has 2 aliphatic heterocycles. The maximum absolute atomic E-state index is 6.12. The molecule has 2 saturated heterocycles. The third kappa shape index (κ3) is 6.11. The van der Waals surface area contributed by atoms with Crippen LogP contribution >= 0.6 is 0 Å². The number of para-hydroxylation sites is 1. The van der Waals surface area contributed by atoms with Crippen LogP contribution < -0.4 is 10.1 Å². The summed E-state index contributed by atoms with van der Waals surface area (Å²) in [5.41, 5.74) is 0. The van der Waals surface area contributed by atoms with E-state index in [2.05, 4.69) is 29.0 Å². The minimum Gasteiger partial charge on any atom is -0.490 e. The Morgan fingerprint density at radius 1 is 1.19 bits per heavy atom. The molecular formula is C21H34N4O2. The van der Waals surface area contributed by atoms with Crippen LogP contribution in [0.2, 0.25) is 0 Å². The largest absolute Gasteiger partial charge is 0.490 e. The monoisotopic (exact) mass is 374 g/mol. The van der Waals surface area contributed by atoms with E-state index in [9.17, 15) is 0 Å². The molecular weight excluding hydrogens is 340 g/mol. The van der Waals surface area contributed by atoms with Crippen LogP contribution in [0.15, 0.2) is 35.3 Å². The third-order valence-electron chi connectivity index (χ3n) is 5.30. The number of nitrogens with zero attached hydrogens (tertiary/aromatic N) is 3. The quantitative estimate of drug-likeness (QED) is 0.611. The average molecular weight is 375 g/mol. The Balaban J connectivity index is 1.49. The molecule has 1 N–H and O–H groups in total. The zero-order valence-corrected chi connectivity index (χ0v) is 16.8. The Morgan fingerprint density at radius 3 is 2.56 bits per heavy atom. The van der Waals surface area contributed by atoms with E-state index >= 15 is 0 Å². The summed E-state index contributed by atoms with van der Waals surface area (Å²) in [7, 11) is 0. The first kappa shape index (κ1) is 20.0. The van der Waals surface area contributed by atoms with Gasteiger partial charge in [-0.15, -0.1) is 0 Å². The summed E-state index contributed by atoms with van der Waals surface area (Å²) >= 11 is 0. The van der Waals surface area contributed by atoms with Crippen LogP contribution in [0.4, 0.5) is 0 Å². The van der Waals surface area contributed by atoms with Crippen molar-refractivity contribution in [2.75, 3.05) is 52.5 Å². The molecule has 1 unspecified atom stereocenters. The molecule has 0 bridgehead atoms. The summed E-state index contributed by atoms with van der Waals surface area (Å²) in [6.45, 7) is 11.8. The highest BCUT2D eigenvalue weighted by atomic mass is 16.5. The highest BCUT2D eigenvalue weighted by molar-refractivity contribution is 5.80. The number of hydrogen-bond donors (Lipinski definition) is 1. The molecule has 0 spiro atoms. The number of benzene rings is 1. The first-order valence-corrected chi connectivity index (χ1v) is 10.3. The molecule has 2 heterocycles. The predicted octanol–water partition coefficient (Wildman–Crippen LogP) is 2.22. The summed E-state index contributed by atoms with van der Waals surface area (Å²) < 4.78 is 11.6. The van der Waals surface area contributed by atoms with Gasteiger partial charge in [-0.3, -0.25) is 9.89 Å². The molecule has 3 rings (SSSR count). The number of hydrogen-bond acceptors (Lipinski definition) is 4. The fourth-order valence-corrected chi connectivity index (χ4v) is 3.66. The molecule has 6 nitrogen and oxygen atoms in total. The van der Waals surface area contributed by atoms with Gasteiger partial charge in [0.2, 0.25) is 0 Å². The second-order valence-corrected chi connectivity index (χ2v) is 7.31. The van der Waals surface area contributed by atoms with Gasteiger partial charge in [0, 0.05) is 51.6 Å². The van der Waals surface area contributed by atoms with E-state index in [-0.39, 0.29) is 0 Å². The van der Waals surface area contributed by atoms with Gasteiger partial charge >= 0.3 is 0 Å². The van der Waals surface area contributed by atoms with Gasteiger partial charge in [-0.05, 0) is 26.0 Å². The number of guanidine groups is 1. The fourth-order valence-electron chi connectivity index (χ4n) is 3.66. The number of morpholine rings is 1. The molecule has 27 heavy (non-hydrogen) atoms. The van der Waals surface area contributed by atoms with E-state index < -0.39 is 0 Å². The summed E-state index contributed by atoms with van der Waals surface area (Å²) in [5.74, 6) is 2.01. The second-order valence-electron chi connectivity index (χ2n) is 7.31. The number of aliphatic imine (C=N–C) groups is 1. The number of likely N-dealkylation sites (tertiary alicyclic amines) is 1. The molecule has 2 fully saturated rings. The minimum absolute atomic E-state index is 0.291. The molecule has 1 aromatic rings. The maximum atomic E-state index is 6.12. The minimum atomic E-state index is 0.291. The number of rotatable bonds is 6. The van der Waals surface area contributed by atoms with Crippen molar-refractivity contribution in [1.82, 2.24) is 15.1 Å². The van der Waals surface area contributed by atoms with Crippen molar-refractivity contribution >= 4 is 5.96 Å². The molecule has 0 radical (unpaired) electrons. The van der Waals surface area contributed by atoms with Crippen LogP contribution in [0.3, 0.4) is 0 Å². The zero-order valence-electron chi connectivity index (χ0n) is 16.8. The molecule has 6 heteroatoms. The first-order chi connectivity index (χ1) is 13.3. The van der Waals surface area contributed by atoms with E-state index in [4.69, 9.17) is 14.5 Å². The van der Waals surface area contributed by atoms with Gasteiger partial charge in [-0.2, -0.15) is 0 Å². The highest BCUT2D eigenvalue weighted by Crippen LogP contribution is 2.18. The van der Waals surface area contributed by atoms with Gasteiger partial charge in [-0.1, -0.05) is 18.2 Å². The van der Waals surface area contributed by atoms with Crippen molar-refractivity contribution in [3.63, 3.8) is 0 Å². The van der Waals surface area contributed by atoms with E-state index in [1.165, 1.54) is 0 Å². The summed E-state index contributed by atoms with van der Waals surface area (Å²) in [4.78, 5) is 9.77. The average Bonchev–Trinajstić information content (AvgIpc) is 2.73. The SMILES string of the molecule is CCNC(=NCC(C)N1CCOCC1)N1CCC(Oc2ccccc2)CC1. The lowest BCUT2D eigenvalue weighted by Crippen LogP contribution is -2.48. The number of nitrogens with one attached hydrogen (secondary N) is 1. The topological polar surface area (TPSA) is 49.3 Å². The summed E-state index contributed by atoms with van der Waals surface area (Å²) in [6, 6.07) is 10.6. The molecule has 1 aromatic carbocycles. The third-order valence-corrected chi connectivity index (χ3v) is 5.30. The zero-order chi connectivity index (χ0) is 18.9. The van der Waals surface area contributed by atoms with Crippen molar-refractivity contribution in [3.05, 3.63) is 30.3 Å². The molecule has 0 amide bonds. The Kier molecular flexibility index (Phi) is 7.78. The Bertz CT molecular complexity index is 567. The highest BCUT2D eigenvalue weighted by Gasteiger charge is 2.23. The number of ether oxygens (including phenoxy) is 2. The standard InChI is InChI=1S/C21H34N4O2/c1-3-22-21(23-17-18(2)24-13-15-26-16-14-24)25-11-9-20(10-12-25)27-19-7-5-4-6-8-19/h4-8,18,20H,3,9-17H2,1-2H3,(H,22,23). The van der Waals surface area contributed by atoms with Crippen LogP contribution in [0.5, 0.6) is 5.75 Å². The second kappa shape index (κ2) is 10.5. The van der Waals surface area contributed by atoms with E-state index in [1.807, 2.05) is 30.3 Å². The van der Waals surface area contributed by atoms with Crippen LogP contribution in [0.25, 0.3) is 0 Å². The smallest absolute Gasteiger partial charge is 0.193 e. The van der Waals surface area contributed by atoms with Gasteiger partial charge in [-0.25, -0.2) is 0 Å². The molecule has 0 saturated carbocycles. The molecule has 150 valence electrons. The van der Waals surface area contributed by atoms with Gasteiger partial charge in [0.05, 0.1) is 19.8 Å². The van der Waals surface area contributed by atoms with Crippen LogP contribution in [0.1, 0.15) is 26.7 Å². The normalized spacial score (nSPS) is 21.1. The van der Waals surface area contributed by atoms with E-state index in [1.54, 1.807) is 0 Å². The van der Waals surface area contributed by atoms with Gasteiger partial charge in [0.15, 0.2) is 5.96 Å². The van der Waals surface area contributed by atoms with Crippen molar-refractivity contribution < 1.29 is 9.47 Å². The van der Waals surface area contributed by atoms with Crippen LogP contribution in [-0.2, 0) is 4.74 Å². The molecule has 0 aliphatic carbocycles. The Hall–Kier alpha value is -1.79. The van der Waals surface area contributed by atoms with E-state index in [0.717, 1.165) is 77.0 Å². The van der Waals surface area contributed by atoms with E-state index in [0.29, 0.717) is 12.1 Å². The van der Waals surface area contributed by atoms with Gasteiger partial charge in [0.25, 0.3) is 0 Å². The maximum Gasteiger partial charge on any atom is 0.193 e. The Morgan fingerprint density at radius 2 is 1.89 bits per heavy atom. The van der Waals surface area contributed by atoms with Crippen LogP contribution in [-0.4, -0.2) is 80.4 Å². The Labute approximate surface area is 163 Å². The lowest BCUT2D eigenvalue weighted by molar-refractivity contribution is 0.0220. The fraction of sp³-hybridized carbons (Fsp3) is 0.667.